The molecule has 0 aromatic heterocycles. The van der Waals surface area contributed by atoms with Crippen LogP contribution >= 0.6 is 21.6 Å². The normalized spacial score (nSPS) is 26.3. The third kappa shape index (κ3) is 9.09. The first-order chi connectivity index (χ1) is 17.2. The first-order valence-electron chi connectivity index (χ1n) is 11.8. The summed E-state index contributed by atoms with van der Waals surface area (Å²) < 4.78 is 9.60. The van der Waals surface area contributed by atoms with Crippen LogP contribution in [0.4, 0.5) is 0 Å². The lowest BCUT2D eigenvalue weighted by Crippen LogP contribution is -2.60. The number of methoxy groups -OCH3 is 2. The van der Waals surface area contributed by atoms with Gasteiger partial charge in [-0.1, -0.05) is 49.3 Å². The number of rotatable bonds is 4. The third-order valence-electron chi connectivity index (χ3n) is 5.76. The molecule has 4 N–H and O–H groups in total. The summed E-state index contributed by atoms with van der Waals surface area (Å²) in [6.07, 6.45) is 0. The Kier molecular flexibility index (Phi) is 12.7. The fourth-order valence-electron chi connectivity index (χ4n) is 3.19. The van der Waals surface area contributed by atoms with Crippen molar-refractivity contribution < 1.29 is 38.2 Å². The molecule has 4 unspecified atom stereocenters. The Morgan fingerprint density at radius 3 is 1.32 bits per heavy atom. The Labute approximate surface area is 225 Å². The van der Waals surface area contributed by atoms with Crippen LogP contribution in [-0.2, 0) is 38.2 Å². The zero-order chi connectivity index (χ0) is 28.5. The van der Waals surface area contributed by atoms with Crippen LogP contribution in [0.2, 0.25) is 0 Å². The second kappa shape index (κ2) is 14.5. The second-order valence-corrected chi connectivity index (χ2v) is 12.3. The van der Waals surface area contributed by atoms with E-state index < -0.39 is 65.1 Å². The van der Waals surface area contributed by atoms with Crippen LogP contribution in [0.1, 0.15) is 41.5 Å². The molecule has 14 heteroatoms. The monoisotopic (exact) mass is 562 g/mol. The van der Waals surface area contributed by atoms with Crippen LogP contribution in [-0.4, -0.2) is 85.5 Å². The number of nitrogens with one attached hydrogen (secondary N) is 4. The lowest BCUT2D eigenvalue weighted by Gasteiger charge is -2.31. The van der Waals surface area contributed by atoms with E-state index >= 15 is 0 Å². The number of hydrogen-bond acceptors (Lipinski definition) is 10. The van der Waals surface area contributed by atoms with Crippen molar-refractivity contribution in [2.75, 3.05) is 25.7 Å². The average Bonchev–Trinajstić information content (AvgIpc) is 2.83. The van der Waals surface area contributed by atoms with Crippen molar-refractivity contribution in [1.29, 1.82) is 0 Å². The van der Waals surface area contributed by atoms with Crippen molar-refractivity contribution in [2.24, 2.45) is 17.3 Å². The molecule has 1 aliphatic heterocycles. The molecule has 0 radical (unpaired) electrons. The molecule has 1 saturated heterocycles. The van der Waals surface area contributed by atoms with E-state index in [9.17, 15) is 28.8 Å². The highest BCUT2D eigenvalue weighted by Crippen LogP contribution is 2.24. The zero-order valence-electron chi connectivity index (χ0n) is 22.5. The van der Waals surface area contributed by atoms with Crippen LogP contribution < -0.4 is 21.3 Å². The number of carbonyl (C=O) groups excluding carboxylic acids is 6. The lowest BCUT2D eigenvalue weighted by atomic mass is 9.88. The molecule has 0 aromatic rings. The average molecular weight is 563 g/mol. The molecule has 210 valence electrons. The topological polar surface area (TPSA) is 169 Å². The van der Waals surface area contributed by atoms with Gasteiger partial charge >= 0.3 is 11.9 Å². The molecular formula is C23H38N4O8S2. The van der Waals surface area contributed by atoms with Crippen molar-refractivity contribution in [3.05, 3.63) is 0 Å². The number of ether oxygens (including phenoxy) is 2. The summed E-state index contributed by atoms with van der Waals surface area (Å²) in [6.45, 7) is 9.60. The van der Waals surface area contributed by atoms with Crippen LogP contribution in [0.15, 0.2) is 0 Å². The van der Waals surface area contributed by atoms with Gasteiger partial charge in [0.15, 0.2) is 0 Å². The highest BCUT2D eigenvalue weighted by atomic mass is 33.1. The first-order valence-corrected chi connectivity index (χ1v) is 14.3. The molecule has 1 rings (SSSR count). The maximum absolute atomic E-state index is 13.2. The summed E-state index contributed by atoms with van der Waals surface area (Å²) in [6, 6.07) is -4.19. The molecule has 0 aromatic carbocycles. The molecule has 0 bridgehead atoms. The minimum Gasteiger partial charge on any atom is -0.467 e. The second-order valence-electron chi connectivity index (χ2n) is 9.75. The minimum atomic E-state index is -1.66. The van der Waals surface area contributed by atoms with Crippen LogP contribution in [0.5, 0.6) is 0 Å². The molecule has 4 amide bonds. The van der Waals surface area contributed by atoms with E-state index in [-0.39, 0.29) is 23.3 Å². The van der Waals surface area contributed by atoms with Gasteiger partial charge < -0.3 is 30.7 Å². The van der Waals surface area contributed by atoms with Gasteiger partial charge in [-0.3, -0.25) is 19.2 Å². The van der Waals surface area contributed by atoms with E-state index in [0.29, 0.717) is 0 Å². The summed E-state index contributed by atoms with van der Waals surface area (Å²) in [5, 5.41) is 10.4. The van der Waals surface area contributed by atoms with Crippen molar-refractivity contribution in [1.82, 2.24) is 21.3 Å². The molecule has 0 saturated carbocycles. The Morgan fingerprint density at radius 1 is 0.730 bits per heavy atom. The van der Waals surface area contributed by atoms with Gasteiger partial charge in [0.05, 0.1) is 14.2 Å². The largest absolute Gasteiger partial charge is 0.467 e. The predicted molar refractivity (Wildman–Crippen MR) is 140 cm³/mol. The smallest absolute Gasteiger partial charge is 0.329 e. The van der Waals surface area contributed by atoms with E-state index in [1.807, 2.05) is 0 Å². The summed E-state index contributed by atoms with van der Waals surface area (Å²) in [5.74, 6) is -4.66. The maximum atomic E-state index is 13.2. The summed E-state index contributed by atoms with van der Waals surface area (Å²) in [7, 11) is 4.74. The quantitative estimate of drug-likeness (QED) is 0.208. The fraction of sp³-hybridized carbons (Fsp3) is 0.739. The van der Waals surface area contributed by atoms with Gasteiger partial charge in [-0.25, -0.2) is 9.59 Å². The number of hydrogen-bond donors (Lipinski definition) is 4. The van der Waals surface area contributed by atoms with Gasteiger partial charge in [0.2, 0.25) is 23.6 Å². The highest BCUT2D eigenvalue weighted by Gasteiger charge is 2.41. The van der Waals surface area contributed by atoms with E-state index in [1.165, 1.54) is 49.7 Å². The standard InChI is InChI=1S/C23H38N4O8S2/c1-11(2)15-17(28)24-13(19(30)34-7)9-36-37-10-14(20(31)35-8)25-18(29)16(12(3)4)27-22(33)23(5,6)21(32)26-15/h11-16H,9-10H2,1-8H3,(H,24,28)(H,25,29)(H,26,32)(H,27,33). The van der Waals surface area contributed by atoms with Crippen LogP contribution in [0, 0.1) is 17.3 Å². The van der Waals surface area contributed by atoms with E-state index in [1.54, 1.807) is 27.7 Å². The number of amides is 4. The lowest BCUT2D eigenvalue weighted by molar-refractivity contribution is -0.146. The summed E-state index contributed by atoms with van der Waals surface area (Å²) in [4.78, 5) is 77.1. The molecule has 0 spiro atoms. The van der Waals surface area contributed by atoms with E-state index in [4.69, 9.17) is 9.47 Å². The van der Waals surface area contributed by atoms with Gasteiger partial charge in [-0.2, -0.15) is 0 Å². The van der Waals surface area contributed by atoms with Gasteiger partial charge in [-0.05, 0) is 25.7 Å². The molecule has 1 fully saturated rings. The van der Waals surface area contributed by atoms with Crippen LogP contribution in [0.3, 0.4) is 0 Å². The van der Waals surface area contributed by atoms with Gasteiger partial charge in [0.1, 0.15) is 29.6 Å². The molecule has 4 atom stereocenters. The number of esters is 2. The molecular weight excluding hydrogens is 524 g/mol. The van der Waals surface area contributed by atoms with Crippen molar-refractivity contribution >= 4 is 57.2 Å². The fourth-order valence-corrected chi connectivity index (χ4v) is 5.49. The molecule has 1 aliphatic rings. The number of carbonyl (C=O) groups is 6. The Morgan fingerprint density at radius 2 is 1.05 bits per heavy atom. The SMILES string of the molecule is COC(=O)C1CSSCC(C(=O)OC)NC(=O)C(C(C)C)NC(=O)C(C)(C)C(=O)NC(C(C)C)C(=O)N1. The molecule has 12 nitrogen and oxygen atoms in total. The predicted octanol–water partition coefficient (Wildman–Crippen LogP) is 0.00480. The Balaban J connectivity index is 3.43. The minimum absolute atomic E-state index is 0.0871. The Bertz CT molecular complexity index is 813. The van der Waals surface area contributed by atoms with E-state index in [0.717, 1.165) is 0 Å². The molecule has 0 aliphatic carbocycles. The van der Waals surface area contributed by atoms with Crippen molar-refractivity contribution in [3.8, 4) is 0 Å². The molecule has 37 heavy (non-hydrogen) atoms. The first kappa shape index (κ1) is 32.5. The third-order valence-corrected chi connectivity index (χ3v) is 8.19. The highest BCUT2D eigenvalue weighted by molar-refractivity contribution is 8.76. The van der Waals surface area contributed by atoms with Gasteiger partial charge in [-0.15, -0.1) is 0 Å². The van der Waals surface area contributed by atoms with E-state index in [2.05, 4.69) is 21.3 Å². The summed E-state index contributed by atoms with van der Waals surface area (Å²) in [5.41, 5.74) is -1.66. The summed E-state index contributed by atoms with van der Waals surface area (Å²) >= 11 is 0. The van der Waals surface area contributed by atoms with Gasteiger partial charge in [0, 0.05) is 11.5 Å². The van der Waals surface area contributed by atoms with Gasteiger partial charge in [0.25, 0.3) is 0 Å². The maximum Gasteiger partial charge on any atom is 0.329 e. The van der Waals surface area contributed by atoms with Crippen LogP contribution in [0.25, 0.3) is 0 Å². The molecule has 1 heterocycles. The Hall–Kier alpha value is -2.48. The van der Waals surface area contributed by atoms with Crippen molar-refractivity contribution in [2.45, 2.75) is 65.7 Å². The van der Waals surface area contributed by atoms with Crippen molar-refractivity contribution in [3.63, 3.8) is 0 Å². The zero-order valence-corrected chi connectivity index (χ0v) is 24.1.